The monoisotopic (exact) mass is 367 g/mol. The number of halogens is 1. The van der Waals surface area contributed by atoms with Crippen LogP contribution in [0.4, 0.5) is 0 Å². The smallest absolute Gasteiger partial charge is 0.188 e. The highest BCUT2D eigenvalue weighted by molar-refractivity contribution is 8.93. The predicted molar refractivity (Wildman–Crippen MR) is 95.6 cm³/mol. The van der Waals surface area contributed by atoms with E-state index in [4.69, 9.17) is 0 Å². The Morgan fingerprint density at radius 1 is 1.10 bits per heavy atom. The lowest BCUT2D eigenvalue weighted by Crippen LogP contribution is -2.15. The van der Waals surface area contributed by atoms with Crippen LogP contribution >= 0.6 is 28.7 Å². The molecule has 0 aliphatic heterocycles. The van der Waals surface area contributed by atoms with Gasteiger partial charge in [0.15, 0.2) is 5.16 Å². The lowest BCUT2D eigenvalue weighted by atomic mass is 10.1. The van der Waals surface area contributed by atoms with Crippen LogP contribution in [0.2, 0.25) is 0 Å². The molecule has 0 radical (unpaired) electrons. The number of rotatable bonds is 6. The highest BCUT2D eigenvalue weighted by atomic mass is 79.9. The van der Waals surface area contributed by atoms with Gasteiger partial charge in [-0.2, -0.15) is 0 Å². The molecule has 1 heterocycles. The topological polar surface area (TPSA) is 29.0 Å². The first kappa shape index (κ1) is 18.1. The molecule has 5 heteroatoms. The maximum absolute atomic E-state index is 4.66. The molecule has 2 rings (SSSR count). The number of aryl methyl sites for hydroxylation is 1. The largest absolute Gasteiger partial charge is 0.309 e. The van der Waals surface area contributed by atoms with Crippen molar-refractivity contribution in [2.45, 2.75) is 18.5 Å². The molecule has 1 aromatic heterocycles. The Hall–Kier alpha value is -0.910. The molecule has 0 aliphatic carbocycles. The van der Waals surface area contributed by atoms with Gasteiger partial charge < -0.3 is 4.90 Å². The van der Waals surface area contributed by atoms with E-state index in [1.54, 1.807) is 11.8 Å². The average molecular weight is 368 g/mol. The second kappa shape index (κ2) is 9.18. The maximum atomic E-state index is 4.66. The molecule has 3 nitrogen and oxygen atoms in total. The summed E-state index contributed by atoms with van der Waals surface area (Å²) in [5, 5.41) is 0.887. The number of nitrogens with zero attached hydrogens (tertiary/aromatic N) is 3. The fourth-order valence-corrected chi connectivity index (χ4v) is 2.91. The molecule has 0 amide bonds. The molecular formula is C16H22BrN3S. The van der Waals surface area contributed by atoms with Gasteiger partial charge in [-0.1, -0.05) is 42.1 Å². The zero-order chi connectivity index (χ0) is 14.4. The van der Waals surface area contributed by atoms with Crippen LogP contribution in [0, 0.1) is 6.92 Å². The van der Waals surface area contributed by atoms with E-state index >= 15 is 0 Å². The number of aromatic nitrogens is 2. The molecule has 21 heavy (non-hydrogen) atoms. The average Bonchev–Trinajstić information content (AvgIpc) is 2.38. The molecule has 0 N–H and O–H groups in total. The van der Waals surface area contributed by atoms with Crippen LogP contribution in [0.5, 0.6) is 0 Å². The van der Waals surface area contributed by atoms with Crippen molar-refractivity contribution >= 4 is 28.7 Å². The molecule has 0 spiro atoms. The van der Waals surface area contributed by atoms with Crippen molar-refractivity contribution in [3.8, 4) is 0 Å². The third-order valence-corrected chi connectivity index (χ3v) is 3.71. The summed E-state index contributed by atoms with van der Waals surface area (Å²) in [5.41, 5.74) is 3.42. The van der Waals surface area contributed by atoms with Gasteiger partial charge in [0.25, 0.3) is 0 Å². The first-order valence-corrected chi connectivity index (χ1v) is 7.78. The van der Waals surface area contributed by atoms with E-state index < -0.39 is 0 Å². The van der Waals surface area contributed by atoms with E-state index in [-0.39, 0.29) is 17.0 Å². The Bertz CT molecular complexity index is 546. The van der Waals surface area contributed by atoms with Gasteiger partial charge in [-0.15, -0.1) is 17.0 Å². The molecule has 0 saturated carbocycles. The minimum atomic E-state index is 0. The molecule has 0 aliphatic rings. The molecule has 0 bridgehead atoms. The Morgan fingerprint density at radius 2 is 1.81 bits per heavy atom. The van der Waals surface area contributed by atoms with E-state index in [0.717, 1.165) is 35.3 Å². The van der Waals surface area contributed by atoms with Gasteiger partial charge in [0.05, 0.1) is 0 Å². The highest BCUT2D eigenvalue weighted by Gasteiger charge is 2.04. The summed E-state index contributed by atoms with van der Waals surface area (Å²) in [7, 11) is 4.16. The molecule has 0 unspecified atom stereocenters. The van der Waals surface area contributed by atoms with Crippen molar-refractivity contribution in [3.05, 3.63) is 53.3 Å². The SMILES string of the molecule is Br.Cc1cc(Cc2ccccc2)nc(SCCN(C)C)n1. The van der Waals surface area contributed by atoms with Gasteiger partial charge in [0.2, 0.25) is 0 Å². The standard InChI is InChI=1S/C16H21N3S.BrH/c1-13-11-15(12-14-7-5-4-6-8-14)18-16(17-13)20-10-9-19(2)3;/h4-8,11H,9-10,12H2,1-3H3;1H. The maximum Gasteiger partial charge on any atom is 0.188 e. The van der Waals surface area contributed by atoms with Crippen molar-refractivity contribution in [2.75, 3.05) is 26.4 Å². The van der Waals surface area contributed by atoms with E-state index in [0.29, 0.717) is 0 Å². The zero-order valence-corrected chi connectivity index (χ0v) is 15.3. The van der Waals surface area contributed by atoms with Crippen molar-refractivity contribution in [2.24, 2.45) is 0 Å². The zero-order valence-electron chi connectivity index (χ0n) is 12.7. The summed E-state index contributed by atoms with van der Waals surface area (Å²) in [5.74, 6) is 1.02. The van der Waals surface area contributed by atoms with E-state index in [9.17, 15) is 0 Å². The minimum absolute atomic E-state index is 0. The molecule has 0 saturated heterocycles. The second-order valence-electron chi connectivity index (χ2n) is 5.10. The number of hydrogen-bond acceptors (Lipinski definition) is 4. The Labute approximate surface area is 142 Å². The number of hydrogen-bond donors (Lipinski definition) is 0. The Balaban J connectivity index is 0.00000220. The lowest BCUT2D eigenvalue weighted by molar-refractivity contribution is 0.437. The summed E-state index contributed by atoms with van der Waals surface area (Å²) < 4.78 is 0. The molecule has 0 fully saturated rings. The van der Waals surface area contributed by atoms with Gasteiger partial charge in [-0.3, -0.25) is 0 Å². The van der Waals surface area contributed by atoms with E-state index in [2.05, 4.69) is 59.3 Å². The first-order valence-electron chi connectivity index (χ1n) is 6.79. The minimum Gasteiger partial charge on any atom is -0.309 e. The van der Waals surface area contributed by atoms with Gasteiger partial charge in [-0.25, -0.2) is 9.97 Å². The summed E-state index contributed by atoms with van der Waals surface area (Å²) >= 11 is 1.72. The van der Waals surface area contributed by atoms with E-state index in [1.165, 1.54) is 5.56 Å². The van der Waals surface area contributed by atoms with Crippen molar-refractivity contribution in [1.82, 2.24) is 14.9 Å². The van der Waals surface area contributed by atoms with Crippen molar-refractivity contribution in [3.63, 3.8) is 0 Å². The van der Waals surface area contributed by atoms with Crippen LogP contribution in [0.15, 0.2) is 41.6 Å². The van der Waals surface area contributed by atoms with Crippen molar-refractivity contribution < 1.29 is 0 Å². The third-order valence-electron chi connectivity index (χ3n) is 2.88. The predicted octanol–water partition coefficient (Wildman–Crippen LogP) is 3.61. The summed E-state index contributed by atoms with van der Waals surface area (Å²) in [6.07, 6.45) is 0.867. The summed E-state index contributed by atoms with van der Waals surface area (Å²) in [6.45, 7) is 3.07. The highest BCUT2D eigenvalue weighted by Crippen LogP contribution is 2.16. The van der Waals surface area contributed by atoms with Crippen LogP contribution < -0.4 is 0 Å². The normalized spacial score (nSPS) is 10.5. The molecular weight excluding hydrogens is 346 g/mol. The number of benzene rings is 1. The first-order chi connectivity index (χ1) is 9.63. The van der Waals surface area contributed by atoms with Crippen LogP contribution in [0.3, 0.4) is 0 Å². The molecule has 1 aromatic carbocycles. The van der Waals surface area contributed by atoms with Gasteiger partial charge >= 0.3 is 0 Å². The summed E-state index contributed by atoms with van der Waals surface area (Å²) in [6, 6.07) is 12.5. The van der Waals surface area contributed by atoms with Crippen LogP contribution in [0.25, 0.3) is 0 Å². The lowest BCUT2D eigenvalue weighted by Gasteiger charge is -2.09. The Kier molecular flexibility index (Phi) is 7.93. The van der Waals surface area contributed by atoms with Crippen LogP contribution in [0.1, 0.15) is 17.0 Å². The van der Waals surface area contributed by atoms with Gasteiger partial charge in [0.1, 0.15) is 0 Å². The molecule has 0 atom stereocenters. The van der Waals surface area contributed by atoms with E-state index in [1.807, 2.05) is 13.0 Å². The summed E-state index contributed by atoms with van der Waals surface area (Å²) in [4.78, 5) is 11.3. The van der Waals surface area contributed by atoms with Gasteiger partial charge in [0, 0.05) is 30.1 Å². The third kappa shape index (κ3) is 6.59. The molecule has 114 valence electrons. The quantitative estimate of drug-likeness (QED) is 0.576. The fourth-order valence-electron chi connectivity index (χ4n) is 1.88. The molecule has 2 aromatic rings. The fraction of sp³-hybridized carbons (Fsp3) is 0.375. The second-order valence-corrected chi connectivity index (χ2v) is 6.16. The van der Waals surface area contributed by atoms with Crippen molar-refractivity contribution in [1.29, 1.82) is 0 Å². The van der Waals surface area contributed by atoms with Crippen LogP contribution in [-0.2, 0) is 6.42 Å². The number of thioether (sulfide) groups is 1. The van der Waals surface area contributed by atoms with Crippen LogP contribution in [-0.4, -0.2) is 41.3 Å². The Morgan fingerprint density at radius 3 is 2.48 bits per heavy atom. The van der Waals surface area contributed by atoms with Gasteiger partial charge in [-0.05, 0) is 32.6 Å².